The Labute approximate surface area is 159 Å². The summed E-state index contributed by atoms with van der Waals surface area (Å²) in [5.41, 5.74) is 1.86. The number of thiocarbonyl (C=S) groups is 1. The summed E-state index contributed by atoms with van der Waals surface area (Å²) in [6.45, 7) is 3.34. The molecule has 1 amide bonds. The van der Waals surface area contributed by atoms with Crippen molar-refractivity contribution in [1.82, 2.24) is 15.3 Å². The van der Waals surface area contributed by atoms with Crippen molar-refractivity contribution in [2.75, 3.05) is 33.9 Å². The lowest BCUT2D eigenvalue weighted by molar-refractivity contribution is -0.0207. The summed E-state index contributed by atoms with van der Waals surface area (Å²) < 4.78 is 62.7. The third kappa shape index (κ3) is 7.29. The topological polar surface area (TPSA) is 66.4 Å². The Morgan fingerprint density at radius 3 is 2.70 bits per heavy atom. The van der Waals surface area contributed by atoms with Crippen molar-refractivity contribution in [1.29, 1.82) is 0 Å². The minimum absolute atomic E-state index is 0.0396. The number of halogens is 4. The number of aliphatic imine (C=N–C) groups is 1. The van der Waals surface area contributed by atoms with Crippen LogP contribution in [-0.2, 0) is 9.47 Å². The van der Waals surface area contributed by atoms with Crippen molar-refractivity contribution in [3.8, 4) is 0 Å². The lowest BCUT2D eigenvalue weighted by atomic mass is 10.1. The Morgan fingerprint density at radius 1 is 1.59 bits per heavy atom. The summed E-state index contributed by atoms with van der Waals surface area (Å²) in [7, 11) is 2.80. The summed E-state index contributed by atoms with van der Waals surface area (Å²) in [6.07, 6.45) is -5.57. The number of nitrogens with zero attached hydrogens (tertiary/aromatic N) is 3. The molecule has 1 aliphatic rings. The number of carbonyl (C=O) groups is 1. The third-order valence-electron chi connectivity index (χ3n) is 3.52. The molecule has 1 N–H and O–H groups in total. The number of likely N-dealkylation sites (N-methyl/N-ethyl adjacent to an activating group) is 1. The maximum Gasteiger partial charge on any atom is 0.410 e. The normalized spacial score (nSPS) is 18.3. The summed E-state index contributed by atoms with van der Waals surface area (Å²) in [4.78, 5) is 16.5. The van der Waals surface area contributed by atoms with Gasteiger partial charge in [-0.05, 0) is 13.6 Å². The highest BCUT2D eigenvalue weighted by molar-refractivity contribution is 7.80. The maximum atomic E-state index is 13.3. The average Bonchev–Trinajstić information content (AvgIpc) is 2.84. The van der Waals surface area contributed by atoms with Gasteiger partial charge in [0.05, 0.1) is 25.4 Å². The minimum Gasteiger partial charge on any atom is -0.444 e. The van der Waals surface area contributed by atoms with E-state index in [2.05, 4.69) is 17.1 Å². The van der Waals surface area contributed by atoms with Crippen LogP contribution in [0.15, 0.2) is 16.4 Å². The van der Waals surface area contributed by atoms with Crippen molar-refractivity contribution in [3.63, 3.8) is 0 Å². The highest BCUT2D eigenvalue weighted by atomic mass is 32.1. The highest BCUT2D eigenvalue weighted by Crippen LogP contribution is 2.26. The van der Waals surface area contributed by atoms with E-state index in [9.17, 15) is 22.4 Å². The molecule has 1 aliphatic heterocycles. The molecule has 27 heavy (non-hydrogen) atoms. The number of cyclic esters (lactones) is 1. The first-order valence-corrected chi connectivity index (χ1v) is 8.22. The zero-order valence-corrected chi connectivity index (χ0v) is 16.0. The van der Waals surface area contributed by atoms with Crippen molar-refractivity contribution in [2.45, 2.75) is 31.8 Å². The zero-order valence-electron chi connectivity index (χ0n) is 15.2. The number of ether oxygens (including phenoxy) is 2. The highest BCUT2D eigenvalue weighted by Gasteiger charge is 2.38. The van der Waals surface area contributed by atoms with E-state index >= 15 is 0 Å². The standard InChI is InChI=1S/C15H22F4N4O3S/c1-15(18,19)5-9-6-23(14(24)26-9)7-10(12(20-2)13(16)17)22(3)21-11(27)8-25-4/h9,13H,2,5-8H2,1,3-4H3,(H,21,27)/b12-10-. The van der Waals surface area contributed by atoms with E-state index in [1.54, 1.807) is 0 Å². The number of rotatable bonds is 10. The Bertz CT molecular complexity index is 598. The fraction of sp³-hybridized carbons (Fsp3) is 0.667. The Hall–Kier alpha value is -1.95. The lowest BCUT2D eigenvalue weighted by Crippen LogP contribution is -2.44. The van der Waals surface area contributed by atoms with E-state index in [-0.39, 0.29) is 30.4 Å². The SMILES string of the molecule is C=N/C(=C(/CN1CC(CC(C)(F)F)OC1=O)N(C)NC(=S)COC)C(F)F. The first kappa shape index (κ1) is 23.1. The summed E-state index contributed by atoms with van der Waals surface area (Å²) >= 11 is 5.00. The number of alkyl halides is 4. The van der Waals surface area contributed by atoms with Gasteiger partial charge in [0.1, 0.15) is 16.8 Å². The van der Waals surface area contributed by atoms with Crippen LogP contribution in [0.1, 0.15) is 13.3 Å². The third-order valence-corrected chi connectivity index (χ3v) is 3.73. The van der Waals surface area contributed by atoms with Gasteiger partial charge in [-0.2, -0.15) is 0 Å². The molecule has 0 aliphatic carbocycles. The number of allylic oxidation sites excluding steroid dienone is 1. The van der Waals surface area contributed by atoms with Gasteiger partial charge >= 0.3 is 6.09 Å². The van der Waals surface area contributed by atoms with E-state index < -0.39 is 36.7 Å². The van der Waals surface area contributed by atoms with E-state index in [4.69, 9.17) is 21.7 Å². The van der Waals surface area contributed by atoms with Gasteiger partial charge in [-0.3, -0.25) is 20.3 Å². The Morgan fingerprint density at radius 2 is 2.22 bits per heavy atom. The van der Waals surface area contributed by atoms with Crippen LogP contribution in [-0.4, -0.2) is 80.0 Å². The van der Waals surface area contributed by atoms with Crippen LogP contribution in [0.25, 0.3) is 0 Å². The minimum atomic E-state index is -3.03. The van der Waals surface area contributed by atoms with Gasteiger partial charge in [-0.25, -0.2) is 22.4 Å². The first-order chi connectivity index (χ1) is 12.5. The van der Waals surface area contributed by atoms with Crippen LogP contribution in [0.4, 0.5) is 22.4 Å². The van der Waals surface area contributed by atoms with Gasteiger partial charge in [0, 0.05) is 20.6 Å². The second-order valence-electron chi connectivity index (χ2n) is 5.98. The molecule has 1 saturated heterocycles. The first-order valence-electron chi connectivity index (χ1n) is 7.82. The molecule has 1 rings (SSSR count). The quantitative estimate of drug-likeness (QED) is 0.256. The fourth-order valence-electron chi connectivity index (χ4n) is 2.45. The van der Waals surface area contributed by atoms with Crippen molar-refractivity contribution >= 4 is 30.0 Å². The largest absolute Gasteiger partial charge is 0.444 e. The van der Waals surface area contributed by atoms with E-state index in [0.717, 1.165) is 9.91 Å². The molecule has 0 aromatic carbocycles. The number of carbonyl (C=O) groups excluding carboxylic acids is 1. The lowest BCUT2D eigenvalue weighted by Gasteiger charge is -2.28. The predicted molar refractivity (Wildman–Crippen MR) is 95.0 cm³/mol. The Kier molecular flexibility index (Phi) is 8.41. The summed E-state index contributed by atoms with van der Waals surface area (Å²) in [6, 6.07) is 0. The molecular weight excluding hydrogens is 392 g/mol. The number of hydrogen-bond donors (Lipinski definition) is 1. The van der Waals surface area contributed by atoms with Gasteiger partial charge in [0.2, 0.25) is 5.92 Å². The average molecular weight is 414 g/mol. The molecule has 1 heterocycles. The molecule has 7 nitrogen and oxygen atoms in total. The molecule has 154 valence electrons. The predicted octanol–water partition coefficient (Wildman–Crippen LogP) is 2.44. The van der Waals surface area contributed by atoms with Gasteiger partial charge in [-0.15, -0.1) is 0 Å². The van der Waals surface area contributed by atoms with Crippen LogP contribution in [0.3, 0.4) is 0 Å². The smallest absolute Gasteiger partial charge is 0.410 e. The van der Waals surface area contributed by atoms with Crippen LogP contribution in [0, 0.1) is 0 Å². The molecule has 0 aromatic rings. The molecule has 0 saturated carbocycles. The van der Waals surface area contributed by atoms with Crippen LogP contribution < -0.4 is 5.43 Å². The number of hydrogen-bond acceptors (Lipinski definition) is 6. The van der Waals surface area contributed by atoms with Crippen LogP contribution in [0.2, 0.25) is 0 Å². The zero-order chi connectivity index (χ0) is 20.8. The van der Waals surface area contributed by atoms with Crippen LogP contribution in [0.5, 0.6) is 0 Å². The Balaban J connectivity index is 3.00. The van der Waals surface area contributed by atoms with E-state index in [1.807, 2.05) is 0 Å². The molecule has 12 heteroatoms. The van der Waals surface area contributed by atoms with Gasteiger partial charge in [0.25, 0.3) is 6.43 Å². The van der Waals surface area contributed by atoms with Crippen molar-refractivity contribution in [2.24, 2.45) is 4.99 Å². The molecule has 0 aromatic heterocycles. The molecule has 0 bridgehead atoms. The molecule has 1 fully saturated rings. The van der Waals surface area contributed by atoms with Gasteiger partial charge in [0.15, 0.2) is 0 Å². The number of methoxy groups -OCH3 is 1. The second-order valence-corrected chi connectivity index (χ2v) is 6.47. The number of hydrazine groups is 1. The molecule has 1 atom stereocenters. The second kappa shape index (κ2) is 9.83. The van der Waals surface area contributed by atoms with E-state index in [0.29, 0.717) is 6.92 Å². The fourth-order valence-corrected chi connectivity index (χ4v) is 2.71. The number of amides is 1. The van der Waals surface area contributed by atoms with Crippen molar-refractivity contribution in [3.05, 3.63) is 11.4 Å². The van der Waals surface area contributed by atoms with Gasteiger partial charge in [-0.1, -0.05) is 12.2 Å². The number of nitrogens with one attached hydrogen (secondary N) is 1. The van der Waals surface area contributed by atoms with E-state index in [1.165, 1.54) is 14.2 Å². The molecule has 0 radical (unpaired) electrons. The van der Waals surface area contributed by atoms with Crippen molar-refractivity contribution < 1.29 is 31.8 Å². The maximum absolute atomic E-state index is 13.3. The monoisotopic (exact) mass is 414 g/mol. The summed E-state index contributed by atoms with van der Waals surface area (Å²) in [5, 5.41) is 1.16. The van der Waals surface area contributed by atoms with Gasteiger partial charge < -0.3 is 9.47 Å². The van der Waals surface area contributed by atoms with Crippen LogP contribution >= 0.6 is 12.2 Å². The molecular formula is C15H22F4N4O3S. The molecule has 1 unspecified atom stereocenters. The summed E-state index contributed by atoms with van der Waals surface area (Å²) in [5.74, 6) is -3.03. The molecule has 0 spiro atoms.